The average Bonchev–Trinajstić information content (AvgIpc) is 2.68. The van der Waals surface area contributed by atoms with Gasteiger partial charge in [-0.3, -0.25) is 9.89 Å². The molecule has 1 aromatic heterocycles. The molecule has 0 aromatic carbocycles. The molecule has 6 heteroatoms. The maximum Gasteiger partial charge on any atom is 0.218 e. The van der Waals surface area contributed by atoms with Gasteiger partial charge in [-0.1, -0.05) is 19.4 Å². The third kappa shape index (κ3) is 6.16. The standard InChI is InChI=1S/C20H35N5O/c1-5-14-26-18-17(10-9-11-22-18)15-23-19(21-4)24-16-20(2,3)25-12-7-6-8-13-25/h9-11H,5-8,12-16H2,1-4H3,(H2,21,23,24). The van der Waals surface area contributed by atoms with Crippen LogP contribution in [0.15, 0.2) is 23.3 Å². The van der Waals surface area contributed by atoms with Crippen molar-refractivity contribution in [3.8, 4) is 5.88 Å². The van der Waals surface area contributed by atoms with Gasteiger partial charge < -0.3 is 15.4 Å². The summed E-state index contributed by atoms with van der Waals surface area (Å²) in [5.41, 5.74) is 1.15. The topological polar surface area (TPSA) is 61.8 Å². The van der Waals surface area contributed by atoms with Crippen molar-refractivity contribution in [3.63, 3.8) is 0 Å². The Morgan fingerprint density at radius 3 is 2.73 bits per heavy atom. The SMILES string of the molecule is CCCOc1ncccc1CNC(=NC)NCC(C)(C)N1CCCCC1. The minimum absolute atomic E-state index is 0.113. The molecule has 1 aliphatic heterocycles. The second-order valence-electron chi connectivity index (χ2n) is 7.46. The fourth-order valence-electron chi connectivity index (χ4n) is 3.20. The third-order valence-electron chi connectivity index (χ3n) is 4.86. The normalized spacial score (nSPS) is 16.4. The van der Waals surface area contributed by atoms with Gasteiger partial charge in [0.15, 0.2) is 5.96 Å². The summed E-state index contributed by atoms with van der Waals surface area (Å²) in [6.45, 7) is 11.3. The molecule has 0 spiro atoms. The second kappa shape index (κ2) is 10.4. The number of likely N-dealkylation sites (tertiary alicyclic amines) is 1. The highest BCUT2D eigenvalue weighted by Gasteiger charge is 2.27. The van der Waals surface area contributed by atoms with Gasteiger partial charge in [0, 0.05) is 37.4 Å². The Morgan fingerprint density at radius 1 is 1.27 bits per heavy atom. The molecule has 0 aliphatic carbocycles. The Morgan fingerprint density at radius 2 is 2.04 bits per heavy atom. The fourth-order valence-corrected chi connectivity index (χ4v) is 3.20. The van der Waals surface area contributed by atoms with Crippen molar-refractivity contribution < 1.29 is 4.74 Å². The summed E-state index contributed by atoms with van der Waals surface area (Å²) in [5, 5.41) is 6.85. The highest BCUT2D eigenvalue weighted by Crippen LogP contribution is 2.19. The van der Waals surface area contributed by atoms with Crippen LogP contribution in [0.25, 0.3) is 0 Å². The van der Waals surface area contributed by atoms with E-state index in [-0.39, 0.29) is 5.54 Å². The summed E-state index contributed by atoms with van der Waals surface area (Å²) in [6.07, 6.45) is 6.70. The van der Waals surface area contributed by atoms with Crippen molar-refractivity contribution >= 4 is 5.96 Å². The summed E-state index contributed by atoms with van der Waals surface area (Å²) in [5.74, 6) is 1.51. The minimum atomic E-state index is 0.113. The molecule has 1 aliphatic rings. The van der Waals surface area contributed by atoms with E-state index in [0.29, 0.717) is 19.0 Å². The van der Waals surface area contributed by atoms with Gasteiger partial charge in [0.2, 0.25) is 5.88 Å². The predicted octanol–water partition coefficient (Wildman–Crippen LogP) is 2.80. The van der Waals surface area contributed by atoms with Gasteiger partial charge in [-0.05, 0) is 52.3 Å². The molecule has 6 nitrogen and oxygen atoms in total. The van der Waals surface area contributed by atoms with Gasteiger partial charge in [0.25, 0.3) is 0 Å². The van der Waals surface area contributed by atoms with Gasteiger partial charge in [0.05, 0.1) is 6.61 Å². The number of nitrogens with one attached hydrogen (secondary N) is 2. The number of pyridine rings is 1. The van der Waals surface area contributed by atoms with Gasteiger partial charge >= 0.3 is 0 Å². The first kappa shape index (κ1) is 20.5. The van der Waals surface area contributed by atoms with E-state index in [0.717, 1.165) is 24.5 Å². The third-order valence-corrected chi connectivity index (χ3v) is 4.86. The van der Waals surface area contributed by atoms with E-state index >= 15 is 0 Å². The number of rotatable bonds is 8. The second-order valence-corrected chi connectivity index (χ2v) is 7.46. The zero-order chi connectivity index (χ0) is 18.8. The lowest BCUT2D eigenvalue weighted by Crippen LogP contribution is -2.54. The Bertz CT molecular complexity index is 567. The van der Waals surface area contributed by atoms with Crippen LogP contribution in [0.1, 0.15) is 52.0 Å². The van der Waals surface area contributed by atoms with Crippen LogP contribution in [0.3, 0.4) is 0 Å². The molecular weight excluding hydrogens is 326 g/mol. The highest BCUT2D eigenvalue weighted by molar-refractivity contribution is 5.79. The molecule has 0 saturated carbocycles. The van der Waals surface area contributed by atoms with Gasteiger partial charge in [-0.2, -0.15) is 0 Å². The molecule has 0 amide bonds. The molecule has 1 saturated heterocycles. The van der Waals surface area contributed by atoms with Crippen LogP contribution < -0.4 is 15.4 Å². The quantitative estimate of drug-likeness (QED) is 0.551. The van der Waals surface area contributed by atoms with E-state index in [1.807, 2.05) is 12.1 Å². The van der Waals surface area contributed by atoms with E-state index in [2.05, 4.69) is 46.3 Å². The first-order valence-electron chi connectivity index (χ1n) is 9.83. The van der Waals surface area contributed by atoms with E-state index < -0.39 is 0 Å². The van der Waals surface area contributed by atoms with Crippen LogP contribution in [0.2, 0.25) is 0 Å². The van der Waals surface area contributed by atoms with Gasteiger partial charge in [-0.25, -0.2) is 4.98 Å². The van der Waals surface area contributed by atoms with Crippen molar-refractivity contribution in [1.29, 1.82) is 0 Å². The molecule has 2 heterocycles. The monoisotopic (exact) mass is 361 g/mol. The number of nitrogens with zero attached hydrogens (tertiary/aromatic N) is 3. The Labute approximate surface area is 158 Å². The number of hydrogen-bond donors (Lipinski definition) is 2. The zero-order valence-electron chi connectivity index (χ0n) is 16.8. The molecule has 0 radical (unpaired) electrons. The molecule has 2 N–H and O–H groups in total. The van der Waals surface area contributed by atoms with Crippen molar-refractivity contribution in [2.45, 2.75) is 58.5 Å². The molecule has 1 aromatic rings. The number of hydrogen-bond acceptors (Lipinski definition) is 4. The van der Waals surface area contributed by atoms with Gasteiger partial charge in [0.1, 0.15) is 0 Å². The summed E-state index contributed by atoms with van der Waals surface area (Å²) >= 11 is 0. The average molecular weight is 362 g/mol. The number of aliphatic imine (C=N–C) groups is 1. The Balaban J connectivity index is 1.86. The van der Waals surface area contributed by atoms with Crippen molar-refractivity contribution in [1.82, 2.24) is 20.5 Å². The van der Waals surface area contributed by atoms with Crippen molar-refractivity contribution in [3.05, 3.63) is 23.9 Å². The number of aromatic nitrogens is 1. The molecule has 0 bridgehead atoms. The maximum absolute atomic E-state index is 5.73. The van der Waals surface area contributed by atoms with Crippen LogP contribution in [0.4, 0.5) is 0 Å². The van der Waals surface area contributed by atoms with E-state index in [1.165, 1.54) is 32.4 Å². The maximum atomic E-state index is 5.73. The zero-order valence-corrected chi connectivity index (χ0v) is 16.8. The summed E-state index contributed by atoms with van der Waals surface area (Å²) in [7, 11) is 1.81. The molecular formula is C20H35N5O. The lowest BCUT2D eigenvalue weighted by atomic mass is 9.98. The van der Waals surface area contributed by atoms with Crippen LogP contribution in [0, 0.1) is 0 Å². The molecule has 0 unspecified atom stereocenters. The number of ether oxygens (including phenoxy) is 1. The molecule has 1 fully saturated rings. The number of guanidine groups is 1. The van der Waals surface area contributed by atoms with Crippen LogP contribution in [-0.4, -0.2) is 54.7 Å². The van der Waals surface area contributed by atoms with Crippen LogP contribution in [0.5, 0.6) is 5.88 Å². The predicted molar refractivity (Wildman–Crippen MR) is 108 cm³/mol. The number of piperidine rings is 1. The summed E-state index contributed by atoms with van der Waals surface area (Å²) in [4.78, 5) is 11.3. The molecule has 0 atom stereocenters. The van der Waals surface area contributed by atoms with Gasteiger partial charge in [-0.15, -0.1) is 0 Å². The van der Waals surface area contributed by atoms with E-state index in [1.54, 1.807) is 13.2 Å². The summed E-state index contributed by atoms with van der Waals surface area (Å²) < 4.78 is 5.73. The van der Waals surface area contributed by atoms with E-state index in [9.17, 15) is 0 Å². The summed E-state index contributed by atoms with van der Waals surface area (Å²) in [6, 6.07) is 3.97. The lowest BCUT2D eigenvalue weighted by molar-refractivity contribution is 0.0982. The smallest absolute Gasteiger partial charge is 0.218 e. The fraction of sp³-hybridized carbons (Fsp3) is 0.700. The van der Waals surface area contributed by atoms with Crippen LogP contribution >= 0.6 is 0 Å². The molecule has 2 rings (SSSR count). The first-order chi connectivity index (χ1) is 12.6. The molecule has 146 valence electrons. The van der Waals surface area contributed by atoms with Crippen LogP contribution in [-0.2, 0) is 6.54 Å². The van der Waals surface area contributed by atoms with Crippen molar-refractivity contribution in [2.75, 3.05) is 33.3 Å². The van der Waals surface area contributed by atoms with E-state index in [4.69, 9.17) is 4.74 Å². The Hall–Kier alpha value is -1.82. The minimum Gasteiger partial charge on any atom is -0.477 e. The molecule has 26 heavy (non-hydrogen) atoms. The lowest BCUT2D eigenvalue weighted by Gasteiger charge is -2.41. The highest BCUT2D eigenvalue weighted by atomic mass is 16.5. The Kier molecular flexibility index (Phi) is 8.16. The largest absolute Gasteiger partial charge is 0.477 e. The first-order valence-corrected chi connectivity index (χ1v) is 9.83. The van der Waals surface area contributed by atoms with Crippen molar-refractivity contribution in [2.24, 2.45) is 4.99 Å².